The van der Waals surface area contributed by atoms with Gasteiger partial charge in [0.15, 0.2) is 0 Å². The third kappa shape index (κ3) is 10.1. The van der Waals surface area contributed by atoms with E-state index in [0.29, 0.717) is 48.9 Å². The van der Waals surface area contributed by atoms with Crippen LogP contribution in [0.15, 0.2) is 54.7 Å². The van der Waals surface area contributed by atoms with Crippen LogP contribution in [0.2, 0.25) is 5.02 Å². The Hall–Kier alpha value is -3.83. The molecule has 14 heteroatoms. The van der Waals surface area contributed by atoms with Crippen LogP contribution < -0.4 is 14.6 Å². The van der Waals surface area contributed by atoms with Crippen LogP contribution in [0.3, 0.4) is 0 Å². The zero-order valence-electron chi connectivity index (χ0n) is 33.9. The number of hydrogen-bond acceptors (Lipinski definition) is 9. The summed E-state index contributed by atoms with van der Waals surface area (Å²) < 4.78 is 35.9. The fourth-order valence-corrected chi connectivity index (χ4v) is 9.95. The molecule has 0 aliphatic heterocycles. The number of phosphoric acid groups is 1. The van der Waals surface area contributed by atoms with Crippen molar-refractivity contribution in [1.29, 1.82) is 0 Å². The number of hydrogen-bond donors (Lipinski definition) is 3. The fourth-order valence-electron chi connectivity index (χ4n) is 9.02. The van der Waals surface area contributed by atoms with Crippen LogP contribution in [-0.4, -0.2) is 69.9 Å². The van der Waals surface area contributed by atoms with Gasteiger partial charge in [-0.3, -0.25) is 14.4 Å². The minimum absolute atomic E-state index is 0.0108. The molecule has 3 aliphatic carbocycles. The molecule has 1 heterocycles. The van der Waals surface area contributed by atoms with E-state index in [1.807, 2.05) is 30.5 Å². The van der Waals surface area contributed by atoms with Crippen molar-refractivity contribution in [1.82, 2.24) is 9.88 Å². The zero-order valence-corrected chi connectivity index (χ0v) is 35.5. The Kier molecular flexibility index (Phi) is 12.9. The van der Waals surface area contributed by atoms with Crippen molar-refractivity contribution < 1.29 is 42.7 Å². The standard InChI is InChI=1S/C43H57ClN3O9P/c1-28(27-53-37-15-20-45-36-12-7-9-29(2)38(36)37)23-31-24-30-13-14-34(56-57(51,52)54-22-21-47(6)40(50)55-41(3,4)5)26-35(30)42(31)16-18-43(19-17-42,39(48)49)46-33-11-8-10-32(44)25-33/h8,10-11,13-15,20,25-26,28-29,31,46H,7,9,12,16-19,21-24,27H2,1-6H3,(H,48,49)(H,51,52)/t28-,29-,31?,42?,43?/m1/s1. The maximum Gasteiger partial charge on any atom is 0.527 e. The number of fused-ring (bicyclic) bond motifs is 3. The largest absolute Gasteiger partial charge is 0.527 e. The van der Waals surface area contributed by atoms with Gasteiger partial charge in [0.25, 0.3) is 0 Å². The van der Waals surface area contributed by atoms with Crippen molar-refractivity contribution in [3.05, 3.63) is 82.1 Å². The zero-order chi connectivity index (χ0) is 41.2. The first-order valence-corrected chi connectivity index (χ1v) is 21.9. The number of amides is 1. The number of aryl methyl sites for hydroxylation is 1. The van der Waals surface area contributed by atoms with E-state index in [1.165, 1.54) is 17.5 Å². The first-order valence-electron chi connectivity index (χ1n) is 20.0. The van der Waals surface area contributed by atoms with Crippen LogP contribution in [0.5, 0.6) is 11.5 Å². The molecule has 3 N–H and O–H groups in total. The number of carboxylic acids is 1. The van der Waals surface area contributed by atoms with Crippen LogP contribution in [-0.2, 0) is 36.9 Å². The smallest absolute Gasteiger partial charge is 0.493 e. The number of rotatable bonds is 14. The molecule has 6 rings (SSSR count). The Morgan fingerprint density at radius 2 is 1.88 bits per heavy atom. The van der Waals surface area contributed by atoms with E-state index in [0.717, 1.165) is 54.7 Å². The normalized spacial score (nSPS) is 24.4. The van der Waals surface area contributed by atoms with Gasteiger partial charge < -0.3 is 29.3 Å². The fraction of sp³-hybridized carbons (Fsp3) is 0.558. The highest BCUT2D eigenvalue weighted by atomic mass is 35.5. The van der Waals surface area contributed by atoms with Gasteiger partial charge >= 0.3 is 19.9 Å². The Morgan fingerprint density at radius 3 is 2.58 bits per heavy atom. The highest BCUT2D eigenvalue weighted by Gasteiger charge is 2.54. The number of carbonyl (C=O) groups excluding carboxylic acids is 1. The van der Waals surface area contributed by atoms with Gasteiger partial charge in [0.2, 0.25) is 0 Å². The van der Waals surface area contributed by atoms with Gasteiger partial charge in [0.1, 0.15) is 22.6 Å². The summed E-state index contributed by atoms with van der Waals surface area (Å²) in [5.41, 5.74) is 2.80. The number of carbonyl (C=O) groups is 2. The lowest BCUT2D eigenvalue weighted by Crippen LogP contribution is -2.53. The number of carboxylic acid groups (broad SMARTS) is 1. The van der Waals surface area contributed by atoms with Crippen LogP contribution in [0.1, 0.15) is 108 Å². The summed E-state index contributed by atoms with van der Waals surface area (Å²) in [4.78, 5) is 42.0. The van der Waals surface area contributed by atoms with Crippen LogP contribution in [0.25, 0.3) is 0 Å². The predicted molar refractivity (Wildman–Crippen MR) is 219 cm³/mol. The summed E-state index contributed by atoms with van der Waals surface area (Å²) in [5, 5.41) is 14.5. The second-order valence-electron chi connectivity index (χ2n) is 17.3. The summed E-state index contributed by atoms with van der Waals surface area (Å²) in [5.74, 6) is 0.905. The van der Waals surface area contributed by atoms with Crippen molar-refractivity contribution in [2.24, 2.45) is 11.8 Å². The average molecular weight is 826 g/mol. The van der Waals surface area contributed by atoms with Gasteiger partial charge in [-0.25, -0.2) is 14.2 Å². The molecule has 0 saturated heterocycles. The van der Waals surface area contributed by atoms with Crippen molar-refractivity contribution in [2.75, 3.05) is 32.1 Å². The molecular formula is C43H57ClN3O9P. The Balaban J connectivity index is 1.20. The molecule has 310 valence electrons. The Morgan fingerprint density at radius 1 is 1.12 bits per heavy atom. The molecule has 3 aliphatic rings. The number of nitrogens with one attached hydrogen (secondary N) is 1. The molecule has 1 amide bonds. The second kappa shape index (κ2) is 17.2. The topological polar surface area (TPSA) is 157 Å². The summed E-state index contributed by atoms with van der Waals surface area (Å²) in [6.45, 7) is 10.0. The highest BCUT2D eigenvalue weighted by molar-refractivity contribution is 7.47. The van der Waals surface area contributed by atoms with Gasteiger partial charge in [-0.2, -0.15) is 0 Å². The number of benzene rings is 2. The van der Waals surface area contributed by atoms with E-state index in [9.17, 15) is 24.2 Å². The number of aromatic nitrogens is 1. The number of halogens is 1. The summed E-state index contributed by atoms with van der Waals surface area (Å²) in [6.07, 6.45) is 7.94. The monoisotopic (exact) mass is 825 g/mol. The SMILES string of the molecule is C[C@@H](COc1ccnc2c1[C@H](C)CCC2)CC1Cc2ccc(OP(=O)(O)OCCN(C)C(=O)OC(C)(C)C)cc2C12CCC(Nc1cccc(Cl)c1)(C(=O)O)CC2. The van der Waals surface area contributed by atoms with Crippen molar-refractivity contribution in [3.63, 3.8) is 0 Å². The molecule has 1 saturated carbocycles. The van der Waals surface area contributed by atoms with Crippen LogP contribution >= 0.6 is 19.4 Å². The van der Waals surface area contributed by atoms with Gasteiger partial charge in [-0.1, -0.05) is 37.6 Å². The number of aliphatic carboxylic acids is 1. The van der Waals surface area contributed by atoms with Crippen molar-refractivity contribution in [2.45, 2.75) is 115 Å². The quantitative estimate of drug-likeness (QED) is 0.133. The van der Waals surface area contributed by atoms with Crippen LogP contribution in [0.4, 0.5) is 10.5 Å². The molecule has 1 spiro atoms. The molecule has 4 atom stereocenters. The van der Waals surface area contributed by atoms with E-state index in [1.54, 1.807) is 45.0 Å². The van der Waals surface area contributed by atoms with Gasteiger partial charge in [-0.05, 0) is 149 Å². The number of phosphoric ester groups is 1. The molecular weight excluding hydrogens is 769 g/mol. The van der Waals surface area contributed by atoms with Crippen molar-refractivity contribution in [3.8, 4) is 11.5 Å². The van der Waals surface area contributed by atoms with E-state index < -0.39 is 36.4 Å². The summed E-state index contributed by atoms with van der Waals surface area (Å²) in [6, 6.07) is 14.5. The van der Waals surface area contributed by atoms with E-state index in [4.69, 9.17) is 30.1 Å². The number of likely N-dealkylation sites (N-methyl/N-ethyl adjacent to an activating group) is 1. The van der Waals surface area contributed by atoms with Crippen molar-refractivity contribution >= 4 is 37.2 Å². The summed E-state index contributed by atoms with van der Waals surface area (Å²) >= 11 is 6.27. The molecule has 0 bridgehead atoms. The first kappa shape index (κ1) is 42.8. The number of anilines is 1. The van der Waals surface area contributed by atoms with Gasteiger partial charge in [-0.15, -0.1) is 0 Å². The number of nitrogens with zero attached hydrogens (tertiary/aromatic N) is 2. The second-order valence-corrected chi connectivity index (χ2v) is 19.1. The molecule has 1 aromatic heterocycles. The number of pyridine rings is 1. The Labute approximate surface area is 341 Å². The molecule has 57 heavy (non-hydrogen) atoms. The molecule has 2 unspecified atom stereocenters. The van der Waals surface area contributed by atoms with E-state index in [-0.39, 0.29) is 30.7 Å². The third-order valence-corrected chi connectivity index (χ3v) is 13.1. The highest BCUT2D eigenvalue weighted by Crippen LogP contribution is 2.57. The lowest BCUT2D eigenvalue weighted by atomic mass is 9.59. The minimum atomic E-state index is -4.58. The minimum Gasteiger partial charge on any atom is -0.493 e. The first-order chi connectivity index (χ1) is 26.9. The predicted octanol–water partition coefficient (Wildman–Crippen LogP) is 9.56. The number of ether oxygens (including phenoxy) is 2. The van der Waals surface area contributed by atoms with E-state index in [2.05, 4.69) is 24.1 Å². The Bertz CT molecular complexity index is 1980. The van der Waals surface area contributed by atoms with Gasteiger partial charge in [0.05, 0.1) is 13.2 Å². The molecule has 12 nitrogen and oxygen atoms in total. The lowest BCUT2D eigenvalue weighted by Gasteiger charge is -2.47. The third-order valence-electron chi connectivity index (χ3n) is 11.9. The van der Waals surface area contributed by atoms with Crippen LogP contribution in [0, 0.1) is 11.8 Å². The molecule has 1 fully saturated rings. The van der Waals surface area contributed by atoms with Gasteiger partial charge in [0, 0.05) is 41.8 Å². The molecule has 2 aromatic carbocycles. The molecule has 0 radical (unpaired) electrons. The molecule has 3 aromatic rings. The van der Waals surface area contributed by atoms with E-state index >= 15 is 0 Å². The average Bonchev–Trinajstić information content (AvgIpc) is 3.41. The summed E-state index contributed by atoms with van der Waals surface area (Å²) in [7, 11) is -3.07. The maximum absolute atomic E-state index is 13.2. The lowest BCUT2D eigenvalue weighted by molar-refractivity contribution is -0.144. The maximum atomic E-state index is 13.2.